The first kappa shape index (κ1) is 14.0. The van der Waals surface area contributed by atoms with Crippen LogP contribution in [0.2, 0.25) is 0 Å². The van der Waals surface area contributed by atoms with Gasteiger partial charge in [-0.1, -0.05) is 12.8 Å². The van der Waals surface area contributed by atoms with E-state index in [4.69, 9.17) is 0 Å². The van der Waals surface area contributed by atoms with Gasteiger partial charge < -0.3 is 10.0 Å². The number of carboxylic acid groups (broad SMARTS) is 1. The molecule has 1 aliphatic heterocycles. The lowest BCUT2D eigenvalue weighted by Gasteiger charge is -2.33. The standard InChI is InChI=1S/C16H20N2O3/c19-15(9-11-5-7-17-8-6-11)18-13-4-2-1-3-12(13)10-14(18)16(20)21/h5-8,12-14H,1-4,9-10H2,(H,20,21). The van der Waals surface area contributed by atoms with Crippen LogP contribution in [0.25, 0.3) is 0 Å². The number of carbonyl (C=O) groups excluding carboxylic acids is 1. The highest BCUT2D eigenvalue weighted by Gasteiger charge is 2.47. The summed E-state index contributed by atoms with van der Waals surface area (Å²) in [6.07, 6.45) is 8.42. The Morgan fingerprint density at radius 1 is 1.24 bits per heavy atom. The predicted molar refractivity (Wildman–Crippen MR) is 76.6 cm³/mol. The van der Waals surface area contributed by atoms with Crippen LogP contribution in [0.4, 0.5) is 0 Å². The van der Waals surface area contributed by atoms with Crippen LogP contribution < -0.4 is 0 Å². The van der Waals surface area contributed by atoms with Gasteiger partial charge in [0.25, 0.3) is 0 Å². The van der Waals surface area contributed by atoms with Gasteiger partial charge in [0.1, 0.15) is 6.04 Å². The second-order valence-corrected chi connectivity index (χ2v) is 6.03. The molecule has 2 aliphatic rings. The van der Waals surface area contributed by atoms with Crippen molar-refractivity contribution in [2.75, 3.05) is 0 Å². The second kappa shape index (κ2) is 5.84. The molecular weight excluding hydrogens is 268 g/mol. The van der Waals surface area contributed by atoms with Crippen molar-refractivity contribution >= 4 is 11.9 Å². The lowest BCUT2D eigenvalue weighted by Crippen LogP contribution is -2.46. The zero-order chi connectivity index (χ0) is 14.8. The van der Waals surface area contributed by atoms with E-state index in [0.29, 0.717) is 12.3 Å². The fourth-order valence-electron chi connectivity index (χ4n) is 3.81. The number of aliphatic carboxylic acids is 1. The van der Waals surface area contributed by atoms with E-state index in [1.54, 1.807) is 17.3 Å². The molecule has 1 aromatic rings. The normalized spacial score (nSPS) is 28.2. The van der Waals surface area contributed by atoms with Crippen LogP contribution in [0.1, 0.15) is 37.7 Å². The largest absolute Gasteiger partial charge is 0.480 e. The van der Waals surface area contributed by atoms with Crippen LogP contribution in [0.5, 0.6) is 0 Å². The first-order valence-electron chi connectivity index (χ1n) is 7.59. The van der Waals surface area contributed by atoms with Crippen LogP contribution >= 0.6 is 0 Å². The molecule has 21 heavy (non-hydrogen) atoms. The molecule has 5 heteroatoms. The number of amides is 1. The maximum atomic E-state index is 12.6. The van der Waals surface area contributed by atoms with Crippen molar-refractivity contribution in [3.63, 3.8) is 0 Å². The Morgan fingerprint density at radius 2 is 1.95 bits per heavy atom. The number of carbonyl (C=O) groups is 2. The number of nitrogens with zero attached hydrogens (tertiary/aromatic N) is 2. The van der Waals surface area contributed by atoms with E-state index >= 15 is 0 Å². The third-order valence-corrected chi connectivity index (χ3v) is 4.77. The Hall–Kier alpha value is -1.91. The summed E-state index contributed by atoms with van der Waals surface area (Å²) in [5, 5.41) is 9.44. The number of hydrogen-bond donors (Lipinski definition) is 1. The first-order chi connectivity index (χ1) is 10.2. The summed E-state index contributed by atoms with van der Waals surface area (Å²) < 4.78 is 0. The van der Waals surface area contributed by atoms with E-state index in [0.717, 1.165) is 31.2 Å². The summed E-state index contributed by atoms with van der Waals surface area (Å²) in [6.45, 7) is 0. The van der Waals surface area contributed by atoms with Crippen LogP contribution in [-0.2, 0) is 16.0 Å². The topological polar surface area (TPSA) is 70.5 Å². The smallest absolute Gasteiger partial charge is 0.326 e. The van der Waals surface area contributed by atoms with Gasteiger partial charge in [-0.05, 0) is 42.9 Å². The summed E-state index contributed by atoms with van der Waals surface area (Å²) in [7, 11) is 0. The Bertz CT molecular complexity index is 532. The van der Waals surface area contributed by atoms with Crippen molar-refractivity contribution in [2.24, 2.45) is 5.92 Å². The van der Waals surface area contributed by atoms with Crippen molar-refractivity contribution in [1.82, 2.24) is 9.88 Å². The number of pyridine rings is 1. The molecule has 1 aromatic heterocycles. The van der Waals surface area contributed by atoms with Gasteiger partial charge in [-0.3, -0.25) is 9.78 Å². The van der Waals surface area contributed by atoms with E-state index < -0.39 is 12.0 Å². The third kappa shape index (κ3) is 2.77. The quantitative estimate of drug-likeness (QED) is 0.921. The van der Waals surface area contributed by atoms with Crippen molar-refractivity contribution in [2.45, 2.75) is 50.6 Å². The molecular formula is C16H20N2O3. The van der Waals surface area contributed by atoms with E-state index in [9.17, 15) is 14.7 Å². The number of aromatic nitrogens is 1. The molecule has 1 saturated heterocycles. The van der Waals surface area contributed by atoms with Gasteiger partial charge in [-0.15, -0.1) is 0 Å². The van der Waals surface area contributed by atoms with Gasteiger partial charge in [-0.2, -0.15) is 0 Å². The molecule has 1 N–H and O–H groups in total. The van der Waals surface area contributed by atoms with E-state index in [1.807, 2.05) is 12.1 Å². The van der Waals surface area contributed by atoms with Crippen molar-refractivity contribution in [3.05, 3.63) is 30.1 Å². The maximum absolute atomic E-state index is 12.6. The van der Waals surface area contributed by atoms with Gasteiger partial charge >= 0.3 is 5.97 Å². The summed E-state index contributed by atoms with van der Waals surface area (Å²) in [5.41, 5.74) is 0.887. The molecule has 5 nitrogen and oxygen atoms in total. The lowest BCUT2D eigenvalue weighted by atomic mass is 9.84. The molecule has 3 unspecified atom stereocenters. The maximum Gasteiger partial charge on any atom is 0.326 e. The minimum Gasteiger partial charge on any atom is -0.480 e. The Labute approximate surface area is 124 Å². The molecule has 1 amide bonds. The van der Waals surface area contributed by atoms with Gasteiger partial charge in [0, 0.05) is 18.4 Å². The highest BCUT2D eigenvalue weighted by Crippen LogP contribution is 2.40. The Kier molecular flexibility index (Phi) is 3.90. The van der Waals surface area contributed by atoms with Gasteiger partial charge in [0.15, 0.2) is 0 Å². The summed E-state index contributed by atoms with van der Waals surface area (Å²) in [4.78, 5) is 29.7. The van der Waals surface area contributed by atoms with Gasteiger partial charge in [0.05, 0.1) is 6.42 Å². The monoisotopic (exact) mass is 288 g/mol. The molecule has 1 saturated carbocycles. The van der Waals surface area contributed by atoms with Crippen LogP contribution in [-0.4, -0.2) is 39.0 Å². The molecule has 0 bridgehead atoms. The number of likely N-dealkylation sites (tertiary alicyclic amines) is 1. The van der Waals surface area contributed by atoms with Crippen molar-refractivity contribution in [1.29, 1.82) is 0 Å². The molecule has 0 radical (unpaired) electrons. The van der Waals surface area contributed by atoms with Crippen LogP contribution in [0.15, 0.2) is 24.5 Å². The average Bonchev–Trinajstić information content (AvgIpc) is 2.88. The number of carboxylic acids is 1. The summed E-state index contributed by atoms with van der Waals surface area (Å²) in [6, 6.07) is 3.09. The average molecular weight is 288 g/mol. The second-order valence-electron chi connectivity index (χ2n) is 6.03. The third-order valence-electron chi connectivity index (χ3n) is 4.77. The highest BCUT2D eigenvalue weighted by molar-refractivity contribution is 5.86. The fraction of sp³-hybridized carbons (Fsp3) is 0.562. The lowest BCUT2D eigenvalue weighted by molar-refractivity contribution is -0.149. The molecule has 0 spiro atoms. The van der Waals surface area contributed by atoms with E-state index in [-0.39, 0.29) is 18.4 Å². The van der Waals surface area contributed by atoms with Crippen LogP contribution in [0.3, 0.4) is 0 Å². The summed E-state index contributed by atoms with van der Waals surface area (Å²) >= 11 is 0. The molecule has 0 aromatic carbocycles. The molecule has 3 atom stereocenters. The van der Waals surface area contributed by atoms with Gasteiger partial charge in [0.2, 0.25) is 5.91 Å². The molecule has 3 rings (SSSR count). The minimum absolute atomic E-state index is 0.0667. The Balaban J connectivity index is 1.79. The minimum atomic E-state index is -0.868. The number of hydrogen-bond acceptors (Lipinski definition) is 3. The van der Waals surface area contributed by atoms with Crippen LogP contribution in [0, 0.1) is 5.92 Å². The highest BCUT2D eigenvalue weighted by atomic mass is 16.4. The first-order valence-corrected chi connectivity index (χ1v) is 7.59. The molecule has 1 aliphatic carbocycles. The predicted octanol–water partition coefficient (Wildman–Crippen LogP) is 1.87. The SMILES string of the molecule is O=C(O)C1CC2CCCCC2N1C(=O)Cc1ccncc1. The number of fused-ring (bicyclic) bond motifs is 1. The zero-order valence-corrected chi connectivity index (χ0v) is 11.9. The molecule has 112 valence electrons. The van der Waals surface area contributed by atoms with E-state index in [1.165, 1.54) is 0 Å². The molecule has 2 heterocycles. The fourth-order valence-corrected chi connectivity index (χ4v) is 3.81. The zero-order valence-electron chi connectivity index (χ0n) is 11.9. The van der Waals surface area contributed by atoms with Crippen molar-refractivity contribution < 1.29 is 14.7 Å². The summed E-state index contributed by atoms with van der Waals surface area (Å²) in [5.74, 6) is -0.572. The van der Waals surface area contributed by atoms with Crippen molar-refractivity contribution in [3.8, 4) is 0 Å². The Morgan fingerprint density at radius 3 is 2.67 bits per heavy atom. The van der Waals surface area contributed by atoms with Gasteiger partial charge in [-0.25, -0.2) is 4.79 Å². The number of rotatable bonds is 3. The van der Waals surface area contributed by atoms with E-state index in [2.05, 4.69) is 4.98 Å². The molecule has 2 fully saturated rings.